The average Bonchev–Trinajstić information content (AvgIpc) is 3.19. The standard InChI is InChI=1S/C20H19N3O7/c1-5-29-17(26)14-13-15(25)21(3)19(28)22(4)16(13)30-20(14)11-8-6-7-9-12(11)23(10(2)24)18(20)27/h6-9,14H,5H2,1-4H3. The lowest BCUT2D eigenvalue weighted by atomic mass is 9.80. The Morgan fingerprint density at radius 1 is 1.13 bits per heavy atom. The van der Waals surface area contributed by atoms with Crippen molar-refractivity contribution < 1.29 is 23.9 Å². The van der Waals surface area contributed by atoms with E-state index in [1.54, 1.807) is 31.2 Å². The molecule has 0 radical (unpaired) electrons. The van der Waals surface area contributed by atoms with Gasteiger partial charge in [-0.05, 0) is 13.0 Å². The zero-order valence-electron chi connectivity index (χ0n) is 16.8. The second-order valence-electron chi connectivity index (χ2n) is 7.12. The van der Waals surface area contributed by atoms with E-state index in [2.05, 4.69) is 0 Å². The fourth-order valence-corrected chi connectivity index (χ4v) is 4.21. The Kier molecular flexibility index (Phi) is 4.19. The van der Waals surface area contributed by atoms with Crippen LogP contribution in [-0.4, -0.2) is 33.5 Å². The van der Waals surface area contributed by atoms with Crippen molar-refractivity contribution in [3.05, 3.63) is 56.2 Å². The number of amides is 2. The number of imide groups is 1. The Balaban J connectivity index is 2.11. The van der Waals surface area contributed by atoms with Gasteiger partial charge in [0.1, 0.15) is 5.92 Å². The van der Waals surface area contributed by atoms with Gasteiger partial charge < -0.3 is 9.47 Å². The number of carbonyl (C=O) groups is 3. The summed E-state index contributed by atoms with van der Waals surface area (Å²) >= 11 is 0. The Labute approximate surface area is 170 Å². The molecule has 10 nitrogen and oxygen atoms in total. The molecule has 0 saturated heterocycles. The molecule has 156 valence electrons. The number of anilines is 1. The lowest BCUT2D eigenvalue weighted by Crippen LogP contribution is -2.50. The molecule has 0 bridgehead atoms. The van der Waals surface area contributed by atoms with E-state index >= 15 is 0 Å². The maximum atomic E-state index is 13.6. The molecule has 1 spiro atoms. The van der Waals surface area contributed by atoms with Crippen LogP contribution in [0.5, 0.6) is 5.88 Å². The molecule has 2 aliphatic heterocycles. The molecule has 2 amide bonds. The predicted octanol–water partition coefficient (Wildman–Crippen LogP) is -0.0883. The molecule has 0 saturated carbocycles. The van der Waals surface area contributed by atoms with Gasteiger partial charge in [0, 0.05) is 26.6 Å². The fraction of sp³-hybridized carbons (Fsp3) is 0.350. The number of para-hydroxylation sites is 1. The van der Waals surface area contributed by atoms with E-state index in [4.69, 9.17) is 9.47 Å². The molecule has 30 heavy (non-hydrogen) atoms. The highest BCUT2D eigenvalue weighted by Gasteiger charge is 2.67. The Bertz CT molecular complexity index is 1240. The summed E-state index contributed by atoms with van der Waals surface area (Å²) in [6, 6.07) is 6.37. The molecule has 2 unspecified atom stereocenters. The smallest absolute Gasteiger partial charge is 0.333 e. The molecule has 1 aromatic carbocycles. The topological polar surface area (TPSA) is 117 Å². The van der Waals surface area contributed by atoms with Crippen molar-refractivity contribution in [1.29, 1.82) is 0 Å². The molecule has 4 rings (SSSR count). The fourth-order valence-electron chi connectivity index (χ4n) is 4.21. The summed E-state index contributed by atoms with van der Waals surface area (Å²) in [4.78, 5) is 65.3. The monoisotopic (exact) mass is 413 g/mol. The van der Waals surface area contributed by atoms with Crippen LogP contribution in [0.25, 0.3) is 0 Å². The van der Waals surface area contributed by atoms with Gasteiger partial charge in [0.25, 0.3) is 11.5 Å². The predicted molar refractivity (Wildman–Crippen MR) is 103 cm³/mol. The Hall–Kier alpha value is -3.69. The third-order valence-electron chi connectivity index (χ3n) is 5.50. The molecule has 0 fully saturated rings. The van der Waals surface area contributed by atoms with E-state index in [1.807, 2.05) is 0 Å². The van der Waals surface area contributed by atoms with E-state index in [1.165, 1.54) is 21.0 Å². The SMILES string of the molecule is CCOC(=O)C1c2c(n(C)c(=O)n(C)c2=O)OC12C(=O)N(C(C)=O)c1ccccc12. The zero-order valence-corrected chi connectivity index (χ0v) is 16.8. The molecular formula is C20H19N3O7. The van der Waals surface area contributed by atoms with E-state index in [0.717, 1.165) is 14.0 Å². The number of carbonyl (C=O) groups excluding carboxylic acids is 3. The first-order valence-electron chi connectivity index (χ1n) is 9.28. The summed E-state index contributed by atoms with van der Waals surface area (Å²) in [7, 11) is 2.64. The number of benzene rings is 1. The highest BCUT2D eigenvalue weighted by molar-refractivity contribution is 6.23. The molecule has 0 N–H and O–H groups in total. The Morgan fingerprint density at radius 3 is 2.43 bits per heavy atom. The quantitative estimate of drug-likeness (QED) is 0.632. The number of aromatic nitrogens is 2. The van der Waals surface area contributed by atoms with Gasteiger partial charge >= 0.3 is 11.7 Å². The van der Waals surface area contributed by atoms with Crippen LogP contribution in [0.3, 0.4) is 0 Å². The number of hydrogen-bond acceptors (Lipinski definition) is 7. The number of esters is 1. The van der Waals surface area contributed by atoms with Crippen molar-refractivity contribution in [2.24, 2.45) is 14.1 Å². The summed E-state index contributed by atoms with van der Waals surface area (Å²) in [5.41, 5.74) is -3.15. The van der Waals surface area contributed by atoms with Crippen LogP contribution in [0.15, 0.2) is 33.9 Å². The maximum absolute atomic E-state index is 13.6. The van der Waals surface area contributed by atoms with Crippen molar-refractivity contribution in [2.75, 3.05) is 11.5 Å². The van der Waals surface area contributed by atoms with Crippen molar-refractivity contribution in [3.8, 4) is 5.88 Å². The number of ether oxygens (including phenoxy) is 2. The van der Waals surface area contributed by atoms with Gasteiger partial charge in [-0.2, -0.15) is 0 Å². The summed E-state index contributed by atoms with van der Waals surface area (Å²) in [6.07, 6.45) is 0. The minimum atomic E-state index is -2.03. The molecule has 2 atom stereocenters. The van der Waals surface area contributed by atoms with Gasteiger partial charge in [-0.15, -0.1) is 0 Å². The van der Waals surface area contributed by atoms with Crippen molar-refractivity contribution >= 4 is 23.5 Å². The number of fused-ring (bicyclic) bond motifs is 3. The van der Waals surface area contributed by atoms with Gasteiger partial charge in [0.2, 0.25) is 17.4 Å². The van der Waals surface area contributed by atoms with Gasteiger partial charge in [-0.25, -0.2) is 9.69 Å². The number of nitrogens with zero attached hydrogens (tertiary/aromatic N) is 3. The molecular weight excluding hydrogens is 394 g/mol. The summed E-state index contributed by atoms with van der Waals surface area (Å²) < 4.78 is 13.1. The van der Waals surface area contributed by atoms with Crippen LogP contribution in [0.1, 0.15) is 30.9 Å². The van der Waals surface area contributed by atoms with Crippen LogP contribution < -0.4 is 20.9 Å². The van der Waals surface area contributed by atoms with E-state index in [-0.39, 0.29) is 29.3 Å². The maximum Gasteiger partial charge on any atom is 0.333 e. The lowest BCUT2D eigenvalue weighted by molar-refractivity contribution is -0.155. The van der Waals surface area contributed by atoms with Gasteiger partial charge in [0.15, 0.2) is 0 Å². The first-order valence-corrected chi connectivity index (χ1v) is 9.28. The molecule has 2 aromatic rings. The highest BCUT2D eigenvalue weighted by atomic mass is 16.6. The molecule has 10 heteroatoms. The number of hydrogen-bond donors (Lipinski definition) is 0. The molecule has 3 heterocycles. The van der Waals surface area contributed by atoms with Crippen LogP contribution in [0, 0.1) is 0 Å². The van der Waals surface area contributed by atoms with Gasteiger partial charge in [0.05, 0.1) is 17.9 Å². The van der Waals surface area contributed by atoms with Crippen molar-refractivity contribution in [2.45, 2.75) is 25.4 Å². The molecule has 2 aliphatic rings. The number of rotatable bonds is 2. The summed E-state index contributed by atoms with van der Waals surface area (Å²) in [5.74, 6) is -3.94. The van der Waals surface area contributed by atoms with Crippen LogP contribution in [-0.2, 0) is 38.8 Å². The van der Waals surface area contributed by atoms with E-state index < -0.39 is 40.6 Å². The van der Waals surface area contributed by atoms with Crippen LogP contribution in [0.2, 0.25) is 0 Å². The summed E-state index contributed by atoms with van der Waals surface area (Å²) in [5, 5.41) is 0. The average molecular weight is 413 g/mol. The minimum absolute atomic E-state index is 0.000907. The summed E-state index contributed by atoms with van der Waals surface area (Å²) in [6.45, 7) is 2.80. The highest BCUT2D eigenvalue weighted by Crippen LogP contribution is 2.56. The van der Waals surface area contributed by atoms with Gasteiger partial charge in [-0.3, -0.25) is 28.3 Å². The van der Waals surface area contributed by atoms with E-state index in [9.17, 15) is 24.0 Å². The van der Waals surface area contributed by atoms with Crippen molar-refractivity contribution in [3.63, 3.8) is 0 Å². The minimum Gasteiger partial charge on any atom is -0.465 e. The Morgan fingerprint density at radius 2 is 1.80 bits per heavy atom. The lowest BCUT2D eigenvalue weighted by Gasteiger charge is -2.27. The molecule has 1 aromatic heterocycles. The zero-order chi connectivity index (χ0) is 22.0. The largest absolute Gasteiger partial charge is 0.465 e. The van der Waals surface area contributed by atoms with Crippen LogP contribution >= 0.6 is 0 Å². The first-order chi connectivity index (χ1) is 14.2. The second-order valence-corrected chi connectivity index (χ2v) is 7.12. The van der Waals surface area contributed by atoms with Crippen molar-refractivity contribution in [1.82, 2.24) is 9.13 Å². The third-order valence-corrected chi connectivity index (χ3v) is 5.50. The first kappa shape index (κ1) is 19.6. The van der Waals surface area contributed by atoms with E-state index in [0.29, 0.717) is 0 Å². The third kappa shape index (κ3) is 2.21. The molecule has 0 aliphatic carbocycles. The van der Waals surface area contributed by atoms with Crippen LogP contribution in [0.4, 0.5) is 5.69 Å². The second kappa shape index (κ2) is 6.41. The normalized spacial score (nSPS) is 21.4. The van der Waals surface area contributed by atoms with Gasteiger partial charge in [-0.1, -0.05) is 18.2 Å².